The average molecular weight is 430 g/mol. The minimum absolute atomic E-state index is 0.0124. The summed E-state index contributed by atoms with van der Waals surface area (Å²) in [6.07, 6.45) is 9.37. The first-order valence-corrected chi connectivity index (χ1v) is 11.9. The molecule has 6 heteroatoms. The van der Waals surface area contributed by atoms with Crippen molar-refractivity contribution in [3.8, 4) is 5.75 Å². The van der Waals surface area contributed by atoms with Gasteiger partial charge in [0.05, 0.1) is 18.2 Å². The van der Waals surface area contributed by atoms with Crippen molar-refractivity contribution in [1.29, 1.82) is 0 Å². The van der Waals surface area contributed by atoms with Crippen molar-refractivity contribution >= 4 is 11.8 Å². The predicted molar refractivity (Wildman–Crippen MR) is 123 cm³/mol. The number of carbonyl (C=O) groups is 2. The molecule has 2 amide bonds. The fourth-order valence-electron chi connectivity index (χ4n) is 4.79. The molecule has 1 fully saturated rings. The van der Waals surface area contributed by atoms with E-state index < -0.39 is 0 Å². The molecule has 0 unspecified atom stereocenters. The summed E-state index contributed by atoms with van der Waals surface area (Å²) in [4.78, 5) is 32.1. The number of nitrogens with zero attached hydrogens (tertiary/aromatic N) is 3. The summed E-state index contributed by atoms with van der Waals surface area (Å²) in [5.74, 6) is 0.836. The molecule has 0 aromatic heterocycles. The van der Waals surface area contributed by atoms with Gasteiger partial charge in [0, 0.05) is 20.1 Å². The molecule has 0 saturated heterocycles. The van der Waals surface area contributed by atoms with Gasteiger partial charge < -0.3 is 19.4 Å². The number of hydrogen-bond donors (Lipinski definition) is 0. The first kappa shape index (κ1) is 23.6. The smallest absolute Gasteiger partial charge is 0.257 e. The second kappa shape index (κ2) is 11.5. The monoisotopic (exact) mass is 429 g/mol. The van der Waals surface area contributed by atoms with Crippen LogP contribution in [0.2, 0.25) is 0 Å². The standard InChI is InChI=1S/C25H39N3O3/c1-26(2)19-24(29)28-18-12-6-4-5-11-17-27(3)25(30)20-13-7-9-15-22(20)31-23-16-10-8-14-21(23)28/h7,9,13,15,21,23H,4-6,8,10-12,14,16-19H2,1-3H3/t21-,23+/m1/s1. The van der Waals surface area contributed by atoms with Crippen molar-refractivity contribution in [2.24, 2.45) is 0 Å². The lowest BCUT2D eigenvalue weighted by Gasteiger charge is -2.40. The number of likely N-dealkylation sites (N-methyl/N-ethyl adjacent to an activating group) is 1. The minimum Gasteiger partial charge on any atom is -0.487 e. The number of fused-ring (bicyclic) bond motifs is 2. The summed E-state index contributed by atoms with van der Waals surface area (Å²) >= 11 is 0. The van der Waals surface area contributed by atoms with Gasteiger partial charge in [0.15, 0.2) is 0 Å². The van der Waals surface area contributed by atoms with Crippen LogP contribution in [0.25, 0.3) is 0 Å². The fourth-order valence-corrected chi connectivity index (χ4v) is 4.79. The molecule has 1 aromatic rings. The van der Waals surface area contributed by atoms with Crippen molar-refractivity contribution < 1.29 is 14.3 Å². The third-order valence-electron chi connectivity index (χ3n) is 6.47. The van der Waals surface area contributed by atoms with Gasteiger partial charge in [0.2, 0.25) is 5.91 Å². The van der Waals surface area contributed by atoms with Crippen molar-refractivity contribution in [2.75, 3.05) is 40.8 Å². The zero-order valence-corrected chi connectivity index (χ0v) is 19.5. The van der Waals surface area contributed by atoms with Crippen molar-refractivity contribution in [2.45, 2.75) is 69.9 Å². The molecule has 0 radical (unpaired) electrons. The molecule has 31 heavy (non-hydrogen) atoms. The number of rotatable bonds is 2. The molecule has 172 valence electrons. The Morgan fingerprint density at radius 3 is 2.45 bits per heavy atom. The molecule has 1 aliphatic carbocycles. The number of hydrogen-bond acceptors (Lipinski definition) is 4. The van der Waals surface area contributed by atoms with Crippen LogP contribution in [0.5, 0.6) is 5.75 Å². The Morgan fingerprint density at radius 1 is 1.00 bits per heavy atom. The molecule has 2 atom stereocenters. The number of para-hydroxylation sites is 1. The highest BCUT2D eigenvalue weighted by Gasteiger charge is 2.35. The van der Waals surface area contributed by atoms with E-state index in [0.717, 1.165) is 70.9 Å². The summed E-state index contributed by atoms with van der Waals surface area (Å²) < 4.78 is 6.53. The van der Waals surface area contributed by atoms with Crippen LogP contribution in [0.15, 0.2) is 24.3 Å². The third-order valence-corrected chi connectivity index (χ3v) is 6.47. The van der Waals surface area contributed by atoms with Gasteiger partial charge in [-0.3, -0.25) is 9.59 Å². The zero-order valence-electron chi connectivity index (χ0n) is 19.5. The van der Waals surface area contributed by atoms with E-state index in [2.05, 4.69) is 4.90 Å². The lowest BCUT2D eigenvalue weighted by atomic mass is 9.90. The Hall–Kier alpha value is -2.08. The molecule has 0 N–H and O–H groups in total. The number of ether oxygens (including phenoxy) is 1. The summed E-state index contributed by atoms with van der Waals surface area (Å²) in [5.41, 5.74) is 0.621. The molecule has 2 aliphatic rings. The lowest BCUT2D eigenvalue weighted by molar-refractivity contribution is -0.137. The first-order valence-electron chi connectivity index (χ1n) is 11.9. The first-order chi connectivity index (χ1) is 15.0. The second-order valence-corrected chi connectivity index (χ2v) is 9.32. The van der Waals surface area contributed by atoms with Gasteiger partial charge in [0.1, 0.15) is 11.9 Å². The van der Waals surface area contributed by atoms with Crippen LogP contribution < -0.4 is 4.74 Å². The second-order valence-electron chi connectivity index (χ2n) is 9.32. The van der Waals surface area contributed by atoms with Crippen LogP contribution in [0.4, 0.5) is 0 Å². The maximum atomic E-state index is 13.2. The Balaban J connectivity index is 1.90. The molecule has 1 heterocycles. The summed E-state index contributed by atoms with van der Waals surface area (Å²) in [5, 5.41) is 0. The SMILES string of the molecule is CN(C)CC(=O)N1CCCCCCCN(C)C(=O)c2ccccc2O[C@H]2CCCC[C@H]21. The van der Waals surface area contributed by atoms with Gasteiger partial charge in [-0.25, -0.2) is 0 Å². The van der Waals surface area contributed by atoms with Crippen LogP contribution in [0, 0.1) is 0 Å². The van der Waals surface area contributed by atoms with Gasteiger partial charge in [-0.2, -0.15) is 0 Å². The fraction of sp³-hybridized carbons (Fsp3) is 0.680. The molecule has 1 aliphatic heterocycles. The topological polar surface area (TPSA) is 53.1 Å². The third kappa shape index (κ3) is 6.45. The maximum absolute atomic E-state index is 13.2. The van der Waals surface area contributed by atoms with Crippen molar-refractivity contribution in [1.82, 2.24) is 14.7 Å². The Morgan fingerprint density at radius 2 is 1.68 bits per heavy atom. The van der Waals surface area contributed by atoms with Crippen LogP contribution >= 0.6 is 0 Å². The Labute approximate surface area is 187 Å². The summed E-state index contributed by atoms with van der Waals surface area (Å²) in [7, 11) is 5.76. The van der Waals surface area contributed by atoms with Crippen molar-refractivity contribution in [3.63, 3.8) is 0 Å². The van der Waals surface area contributed by atoms with Crippen LogP contribution in [0.1, 0.15) is 68.1 Å². The highest BCUT2D eigenvalue weighted by Crippen LogP contribution is 2.30. The lowest BCUT2D eigenvalue weighted by Crippen LogP contribution is -2.53. The molecule has 1 aromatic carbocycles. The van der Waals surface area contributed by atoms with Gasteiger partial charge in [-0.05, 0) is 58.3 Å². The van der Waals surface area contributed by atoms with E-state index in [1.54, 1.807) is 0 Å². The normalized spacial score (nSPS) is 23.9. The van der Waals surface area contributed by atoms with E-state index in [1.807, 2.05) is 55.2 Å². The van der Waals surface area contributed by atoms with E-state index in [4.69, 9.17) is 4.74 Å². The van der Waals surface area contributed by atoms with E-state index in [0.29, 0.717) is 17.9 Å². The average Bonchev–Trinajstić information content (AvgIpc) is 2.75. The minimum atomic E-state index is -0.0794. The maximum Gasteiger partial charge on any atom is 0.257 e. The van der Waals surface area contributed by atoms with Gasteiger partial charge >= 0.3 is 0 Å². The van der Waals surface area contributed by atoms with Crippen LogP contribution in [-0.4, -0.2) is 79.4 Å². The van der Waals surface area contributed by atoms with Gasteiger partial charge in [-0.1, -0.05) is 37.8 Å². The highest BCUT2D eigenvalue weighted by atomic mass is 16.5. The van der Waals surface area contributed by atoms with E-state index in [1.165, 1.54) is 0 Å². The van der Waals surface area contributed by atoms with E-state index in [9.17, 15) is 9.59 Å². The predicted octanol–water partition coefficient (Wildman–Crippen LogP) is 3.80. The molecule has 0 spiro atoms. The molecular formula is C25H39N3O3. The van der Waals surface area contributed by atoms with Crippen LogP contribution in [-0.2, 0) is 4.79 Å². The van der Waals surface area contributed by atoms with Gasteiger partial charge in [0.25, 0.3) is 5.91 Å². The molecule has 3 rings (SSSR count). The zero-order chi connectivity index (χ0) is 22.2. The molecule has 6 nitrogen and oxygen atoms in total. The number of carbonyl (C=O) groups excluding carboxylic acids is 2. The Bertz CT molecular complexity index is 736. The highest BCUT2D eigenvalue weighted by molar-refractivity contribution is 5.96. The Kier molecular flexibility index (Phi) is 8.76. The van der Waals surface area contributed by atoms with Gasteiger partial charge in [-0.15, -0.1) is 0 Å². The number of benzene rings is 1. The van der Waals surface area contributed by atoms with Crippen LogP contribution in [0.3, 0.4) is 0 Å². The summed E-state index contributed by atoms with van der Waals surface area (Å²) in [6, 6.07) is 7.64. The molecular weight excluding hydrogens is 390 g/mol. The van der Waals surface area contributed by atoms with Crippen molar-refractivity contribution in [3.05, 3.63) is 29.8 Å². The number of amides is 2. The molecule has 0 bridgehead atoms. The quantitative estimate of drug-likeness (QED) is 0.718. The summed E-state index contributed by atoms with van der Waals surface area (Å²) in [6.45, 7) is 1.97. The van der Waals surface area contributed by atoms with E-state index >= 15 is 0 Å². The van der Waals surface area contributed by atoms with E-state index in [-0.39, 0.29) is 24.0 Å². The largest absolute Gasteiger partial charge is 0.487 e. The molecule has 1 saturated carbocycles.